The second-order valence-corrected chi connectivity index (χ2v) is 7.74. The molecule has 0 N–H and O–H groups in total. The fraction of sp³-hybridized carbons (Fsp3) is 0.526. The van der Waals surface area contributed by atoms with E-state index in [0.29, 0.717) is 12.7 Å². The molecule has 2 aliphatic rings. The SMILES string of the molecule is c1cncc(COC[C@]23CCO[C@H]2CCN(Cc2ccsc2)C3)c1. The Kier molecular flexibility index (Phi) is 4.94. The van der Waals surface area contributed by atoms with Crippen LogP contribution in [0.25, 0.3) is 0 Å². The van der Waals surface area contributed by atoms with E-state index in [1.165, 1.54) is 5.56 Å². The number of piperidine rings is 1. The molecule has 2 aromatic rings. The van der Waals surface area contributed by atoms with Gasteiger partial charge in [-0.3, -0.25) is 9.88 Å². The molecule has 2 aromatic heterocycles. The molecule has 24 heavy (non-hydrogen) atoms. The van der Waals surface area contributed by atoms with Crippen molar-refractivity contribution in [2.75, 3.05) is 26.3 Å². The van der Waals surface area contributed by atoms with E-state index in [2.05, 4.69) is 32.8 Å². The molecule has 0 amide bonds. The third-order valence-corrected chi connectivity index (χ3v) is 5.95. The highest BCUT2D eigenvalue weighted by Crippen LogP contribution is 2.41. The van der Waals surface area contributed by atoms with Gasteiger partial charge in [-0.15, -0.1) is 0 Å². The predicted octanol–water partition coefficient (Wildman–Crippen LogP) is 3.34. The summed E-state index contributed by atoms with van der Waals surface area (Å²) in [4.78, 5) is 6.73. The molecule has 5 heteroatoms. The molecule has 2 saturated heterocycles. The summed E-state index contributed by atoms with van der Waals surface area (Å²) in [6, 6.07) is 6.26. The molecule has 4 rings (SSSR count). The Balaban J connectivity index is 1.38. The summed E-state index contributed by atoms with van der Waals surface area (Å²) in [5.41, 5.74) is 2.70. The topological polar surface area (TPSA) is 34.6 Å². The van der Waals surface area contributed by atoms with Crippen molar-refractivity contribution in [1.29, 1.82) is 0 Å². The largest absolute Gasteiger partial charge is 0.377 e. The monoisotopic (exact) mass is 344 g/mol. The van der Waals surface area contributed by atoms with E-state index >= 15 is 0 Å². The van der Waals surface area contributed by atoms with E-state index in [1.807, 2.05) is 12.3 Å². The maximum Gasteiger partial charge on any atom is 0.0732 e. The van der Waals surface area contributed by atoms with Crippen LogP contribution in [0.15, 0.2) is 41.4 Å². The lowest BCUT2D eigenvalue weighted by Gasteiger charge is -2.43. The minimum absolute atomic E-state index is 0.149. The summed E-state index contributed by atoms with van der Waals surface area (Å²) in [7, 11) is 0. The van der Waals surface area contributed by atoms with Crippen molar-refractivity contribution in [2.24, 2.45) is 5.41 Å². The molecule has 2 atom stereocenters. The number of thiophene rings is 1. The van der Waals surface area contributed by atoms with Crippen LogP contribution in [0.4, 0.5) is 0 Å². The molecule has 128 valence electrons. The zero-order valence-corrected chi connectivity index (χ0v) is 14.7. The van der Waals surface area contributed by atoms with Gasteiger partial charge in [0.15, 0.2) is 0 Å². The van der Waals surface area contributed by atoms with Gasteiger partial charge in [0.05, 0.1) is 19.3 Å². The molecule has 0 bridgehead atoms. The lowest BCUT2D eigenvalue weighted by atomic mass is 9.77. The number of aromatic nitrogens is 1. The van der Waals surface area contributed by atoms with Crippen LogP contribution in [0.3, 0.4) is 0 Å². The maximum absolute atomic E-state index is 6.10. The number of nitrogens with zero attached hydrogens (tertiary/aromatic N) is 2. The molecule has 0 spiro atoms. The van der Waals surface area contributed by atoms with Crippen LogP contribution >= 0.6 is 11.3 Å². The van der Waals surface area contributed by atoms with Gasteiger partial charge in [-0.1, -0.05) is 6.07 Å². The molecule has 4 heterocycles. The van der Waals surface area contributed by atoms with Gasteiger partial charge in [0.25, 0.3) is 0 Å². The number of hydrogen-bond acceptors (Lipinski definition) is 5. The van der Waals surface area contributed by atoms with Crippen LogP contribution in [-0.2, 0) is 22.6 Å². The van der Waals surface area contributed by atoms with Crippen LogP contribution in [0, 0.1) is 5.41 Å². The lowest BCUT2D eigenvalue weighted by molar-refractivity contribution is -0.0685. The van der Waals surface area contributed by atoms with Crippen LogP contribution in [0.5, 0.6) is 0 Å². The number of pyridine rings is 1. The van der Waals surface area contributed by atoms with Gasteiger partial charge in [-0.2, -0.15) is 11.3 Å². The van der Waals surface area contributed by atoms with Crippen LogP contribution < -0.4 is 0 Å². The summed E-state index contributed by atoms with van der Waals surface area (Å²) >= 11 is 1.78. The molecule has 4 nitrogen and oxygen atoms in total. The van der Waals surface area contributed by atoms with Gasteiger partial charge < -0.3 is 9.47 Å². The fourth-order valence-corrected chi connectivity index (χ4v) is 4.64. The summed E-state index contributed by atoms with van der Waals surface area (Å²) in [5, 5.41) is 4.41. The summed E-state index contributed by atoms with van der Waals surface area (Å²) in [6.45, 7) is 5.50. The highest BCUT2D eigenvalue weighted by atomic mass is 32.1. The van der Waals surface area contributed by atoms with Crippen molar-refractivity contribution in [3.05, 3.63) is 52.5 Å². The first-order valence-electron chi connectivity index (χ1n) is 8.66. The molecule has 2 fully saturated rings. The predicted molar refractivity (Wildman–Crippen MR) is 94.9 cm³/mol. The van der Waals surface area contributed by atoms with Crippen molar-refractivity contribution in [3.63, 3.8) is 0 Å². The molecular formula is C19H24N2O2S. The first-order chi connectivity index (χ1) is 11.8. The van der Waals surface area contributed by atoms with Crippen molar-refractivity contribution in [2.45, 2.75) is 32.1 Å². The van der Waals surface area contributed by atoms with Crippen molar-refractivity contribution in [3.8, 4) is 0 Å². The highest BCUT2D eigenvalue weighted by molar-refractivity contribution is 7.07. The number of rotatable bonds is 6. The van der Waals surface area contributed by atoms with Gasteiger partial charge in [0.2, 0.25) is 0 Å². The summed E-state index contributed by atoms with van der Waals surface area (Å²) in [5.74, 6) is 0. The normalized spacial score (nSPS) is 27.2. The number of fused-ring (bicyclic) bond motifs is 1. The summed E-state index contributed by atoms with van der Waals surface area (Å²) in [6.07, 6.45) is 6.24. The zero-order valence-electron chi connectivity index (χ0n) is 13.9. The van der Waals surface area contributed by atoms with Gasteiger partial charge in [-0.05, 0) is 46.9 Å². The van der Waals surface area contributed by atoms with Gasteiger partial charge in [0.1, 0.15) is 0 Å². The second-order valence-electron chi connectivity index (χ2n) is 6.96. The van der Waals surface area contributed by atoms with Gasteiger partial charge in [0, 0.05) is 44.0 Å². The van der Waals surface area contributed by atoms with E-state index in [4.69, 9.17) is 9.47 Å². The maximum atomic E-state index is 6.10. The fourth-order valence-electron chi connectivity index (χ4n) is 3.98. The Bertz CT molecular complexity index is 634. The van der Waals surface area contributed by atoms with Crippen LogP contribution in [0.1, 0.15) is 24.0 Å². The first kappa shape index (κ1) is 16.2. The van der Waals surface area contributed by atoms with Crippen molar-refractivity contribution >= 4 is 11.3 Å². The Morgan fingerprint density at radius 3 is 3.21 bits per heavy atom. The average Bonchev–Trinajstić information content (AvgIpc) is 3.25. The third kappa shape index (κ3) is 3.54. The Morgan fingerprint density at radius 1 is 1.38 bits per heavy atom. The van der Waals surface area contributed by atoms with Gasteiger partial charge >= 0.3 is 0 Å². The standard InChI is InChI=1S/C19H24N2O2S/c1-2-16(10-20-6-1)12-22-15-19-5-8-23-18(19)3-7-21(14-19)11-17-4-9-24-13-17/h1-2,4,6,9-10,13,18H,3,5,7-8,11-12,14-15H2/t18-,19+/m0/s1. The molecule has 0 aliphatic carbocycles. The Hall–Kier alpha value is -1.27. The van der Waals surface area contributed by atoms with E-state index in [-0.39, 0.29) is 5.41 Å². The molecule has 0 unspecified atom stereocenters. The van der Waals surface area contributed by atoms with Gasteiger partial charge in [-0.25, -0.2) is 0 Å². The Labute approximate surface area is 147 Å². The minimum atomic E-state index is 0.149. The summed E-state index contributed by atoms with van der Waals surface area (Å²) < 4.78 is 12.1. The highest BCUT2D eigenvalue weighted by Gasteiger charge is 2.47. The van der Waals surface area contributed by atoms with E-state index in [0.717, 1.165) is 51.3 Å². The Morgan fingerprint density at radius 2 is 2.38 bits per heavy atom. The van der Waals surface area contributed by atoms with E-state index in [1.54, 1.807) is 17.5 Å². The zero-order chi connectivity index (χ0) is 16.2. The third-order valence-electron chi connectivity index (χ3n) is 5.22. The van der Waals surface area contributed by atoms with Crippen LogP contribution in [-0.4, -0.2) is 42.3 Å². The second kappa shape index (κ2) is 7.31. The van der Waals surface area contributed by atoms with E-state index < -0.39 is 0 Å². The minimum Gasteiger partial charge on any atom is -0.377 e. The number of likely N-dealkylation sites (tertiary alicyclic amines) is 1. The lowest BCUT2D eigenvalue weighted by Crippen LogP contribution is -2.51. The molecule has 0 aromatic carbocycles. The first-order valence-corrected chi connectivity index (χ1v) is 9.60. The average molecular weight is 344 g/mol. The van der Waals surface area contributed by atoms with E-state index in [9.17, 15) is 0 Å². The van der Waals surface area contributed by atoms with Crippen LogP contribution in [0.2, 0.25) is 0 Å². The van der Waals surface area contributed by atoms with Crippen molar-refractivity contribution < 1.29 is 9.47 Å². The van der Waals surface area contributed by atoms with Crippen molar-refractivity contribution in [1.82, 2.24) is 9.88 Å². The number of ether oxygens (including phenoxy) is 2. The molecule has 2 aliphatic heterocycles. The number of hydrogen-bond donors (Lipinski definition) is 0. The molecule has 0 radical (unpaired) electrons. The smallest absolute Gasteiger partial charge is 0.0732 e. The quantitative estimate of drug-likeness (QED) is 0.805. The molecular weight excluding hydrogens is 320 g/mol. The molecule has 0 saturated carbocycles.